The van der Waals surface area contributed by atoms with Crippen LogP contribution in [0.3, 0.4) is 0 Å². The van der Waals surface area contributed by atoms with Gasteiger partial charge in [0.25, 0.3) is 0 Å². The van der Waals surface area contributed by atoms with E-state index in [0.29, 0.717) is 5.56 Å². The van der Waals surface area contributed by atoms with Gasteiger partial charge < -0.3 is 0 Å². The highest BCUT2D eigenvalue weighted by atomic mass is 32.2. The van der Waals surface area contributed by atoms with Crippen molar-refractivity contribution in [2.45, 2.75) is 25.3 Å². The molecule has 2 rings (SSSR count). The molecule has 2 aromatic carbocycles. The molecule has 0 heterocycles. The number of hydrogen-bond donors (Lipinski definition) is 0. The summed E-state index contributed by atoms with van der Waals surface area (Å²) in [4.78, 5) is 0.138. The molecule has 0 aliphatic heterocycles. The van der Waals surface area contributed by atoms with E-state index in [9.17, 15) is 12.8 Å². The van der Waals surface area contributed by atoms with Gasteiger partial charge in [-0.2, -0.15) is 4.31 Å². The summed E-state index contributed by atoms with van der Waals surface area (Å²) < 4.78 is 39.5. The van der Waals surface area contributed by atoms with Crippen LogP contribution in [0.15, 0.2) is 47.4 Å². The third kappa shape index (κ3) is 3.49. The van der Waals surface area contributed by atoms with Gasteiger partial charge in [-0.05, 0) is 43.2 Å². The summed E-state index contributed by atoms with van der Waals surface area (Å²) in [5.74, 6) is -0.437. The number of hydrogen-bond acceptors (Lipinski definition) is 2. The minimum absolute atomic E-state index is 0.138. The van der Waals surface area contributed by atoms with Crippen LogP contribution in [0.5, 0.6) is 0 Å². The number of sulfonamides is 1. The molecule has 0 spiro atoms. The van der Waals surface area contributed by atoms with E-state index in [-0.39, 0.29) is 11.4 Å². The van der Waals surface area contributed by atoms with E-state index >= 15 is 0 Å². The third-order valence-corrected chi connectivity index (χ3v) is 5.31. The summed E-state index contributed by atoms with van der Waals surface area (Å²) in [6.07, 6.45) is 0. The van der Waals surface area contributed by atoms with Crippen molar-refractivity contribution in [3.05, 3.63) is 65.0 Å². The molecule has 5 heteroatoms. The van der Waals surface area contributed by atoms with Crippen molar-refractivity contribution in [1.29, 1.82) is 0 Å². The van der Waals surface area contributed by atoms with Crippen LogP contribution >= 0.6 is 0 Å². The van der Waals surface area contributed by atoms with Crippen LogP contribution in [0.4, 0.5) is 4.39 Å². The van der Waals surface area contributed by atoms with E-state index in [0.717, 1.165) is 11.1 Å². The maximum absolute atomic E-state index is 13.1. The Hall–Kier alpha value is -1.72. The van der Waals surface area contributed by atoms with Gasteiger partial charge in [0.1, 0.15) is 5.82 Å². The first-order valence-electron chi connectivity index (χ1n) is 6.59. The smallest absolute Gasteiger partial charge is 0.207 e. The fourth-order valence-corrected chi connectivity index (χ4v) is 3.47. The van der Waals surface area contributed by atoms with E-state index in [2.05, 4.69) is 0 Å². The number of benzene rings is 2. The molecule has 0 atom stereocenters. The number of rotatable bonds is 4. The molecule has 0 fully saturated rings. The summed E-state index contributed by atoms with van der Waals surface area (Å²) in [5, 5.41) is 0. The second-order valence-corrected chi connectivity index (χ2v) is 7.17. The molecule has 0 aromatic heterocycles. The molecule has 0 saturated heterocycles. The topological polar surface area (TPSA) is 37.4 Å². The first kappa shape index (κ1) is 15.7. The Morgan fingerprint density at radius 3 is 2.24 bits per heavy atom. The Morgan fingerprint density at radius 2 is 1.67 bits per heavy atom. The van der Waals surface area contributed by atoms with Gasteiger partial charge in [0.2, 0.25) is 10.0 Å². The first-order valence-corrected chi connectivity index (χ1v) is 8.03. The maximum atomic E-state index is 13.1. The second-order valence-electron chi connectivity index (χ2n) is 5.16. The second kappa shape index (κ2) is 5.95. The highest BCUT2D eigenvalue weighted by Gasteiger charge is 2.23. The van der Waals surface area contributed by atoms with E-state index in [1.807, 2.05) is 31.2 Å². The molecule has 0 saturated carbocycles. The standard InChI is InChI=1S/C16H18FNO2S/c1-12-4-6-14(7-5-12)11-18(3)21(19,20)16-9-8-15(17)10-13(16)2/h4-10H,11H2,1-3H3. The van der Waals surface area contributed by atoms with E-state index in [1.165, 1.54) is 29.6 Å². The van der Waals surface area contributed by atoms with Crippen molar-refractivity contribution in [1.82, 2.24) is 4.31 Å². The number of aryl methyl sites for hydroxylation is 2. The molecule has 3 nitrogen and oxygen atoms in total. The van der Waals surface area contributed by atoms with Crippen molar-refractivity contribution in [2.75, 3.05) is 7.05 Å². The summed E-state index contributed by atoms with van der Waals surface area (Å²) in [5.41, 5.74) is 2.44. The molecule has 0 aliphatic rings. The lowest BCUT2D eigenvalue weighted by atomic mass is 10.1. The lowest BCUT2D eigenvalue weighted by molar-refractivity contribution is 0.466. The van der Waals surface area contributed by atoms with Gasteiger partial charge in [0.15, 0.2) is 0 Å². The zero-order valence-electron chi connectivity index (χ0n) is 12.3. The van der Waals surface area contributed by atoms with Gasteiger partial charge in [0, 0.05) is 13.6 Å². The van der Waals surface area contributed by atoms with Crippen molar-refractivity contribution in [2.24, 2.45) is 0 Å². The largest absolute Gasteiger partial charge is 0.243 e. The normalized spacial score (nSPS) is 11.9. The zero-order valence-corrected chi connectivity index (χ0v) is 13.1. The van der Waals surface area contributed by atoms with E-state index in [4.69, 9.17) is 0 Å². The summed E-state index contributed by atoms with van der Waals surface area (Å²) in [6, 6.07) is 11.4. The highest BCUT2D eigenvalue weighted by Crippen LogP contribution is 2.21. The fourth-order valence-electron chi connectivity index (χ4n) is 2.11. The minimum Gasteiger partial charge on any atom is -0.207 e. The van der Waals surface area contributed by atoms with Crippen molar-refractivity contribution in [3.63, 3.8) is 0 Å². The average molecular weight is 307 g/mol. The Kier molecular flexibility index (Phi) is 4.44. The van der Waals surface area contributed by atoms with E-state index < -0.39 is 15.8 Å². The van der Waals surface area contributed by atoms with Gasteiger partial charge in [0.05, 0.1) is 4.90 Å². The molecule has 0 unspecified atom stereocenters. The average Bonchev–Trinajstić information content (AvgIpc) is 2.40. The predicted molar refractivity (Wildman–Crippen MR) is 81.0 cm³/mol. The zero-order chi connectivity index (χ0) is 15.6. The van der Waals surface area contributed by atoms with Gasteiger partial charge in [-0.25, -0.2) is 12.8 Å². The molecule has 0 N–H and O–H groups in total. The monoisotopic (exact) mass is 307 g/mol. The summed E-state index contributed by atoms with van der Waals surface area (Å²) in [7, 11) is -2.10. The number of nitrogens with zero attached hydrogens (tertiary/aromatic N) is 1. The Morgan fingerprint density at radius 1 is 1.05 bits per heavy atom. The lowest BCUT2D eigenvalue weighted by Crippen LogP contribution is -2.27. The van der Waals surface area contributed by atoms with Crippen LogP contribution in [-0.2, 0) is 16.6 Å². The Bertz CT molecular complexity index is 739. The molecule has 0 aliphatic carbocycles. The van der Waals surface area contributed by atoms with Gasteiger partial charge in [-0.1, -0.05) is 29.8 Å². The molecule has 2 aromatic rings. The van der Waals surface area contributed by atoms with Gasteiger partial charge >= 0.3 is 0 Å². The molecular weight excluding hydrogens is 289 g/mol. The first-order chi connectivity index (χ1) is 9.80. The van der Waals surface area contributed by atoms with Crippen LogP contribution in [0.25, 0.3) is 0 Å². The minimum atomic E-state index is -3.63. The quantitative estimate of drug-likeness (QED) is 0.869. The Balaban J connectivity index is 2.28. The number of halogens is 1. The molecule has 0 radical (unpaired) electrons. The SMILES string of the molecule is Cc1ccc(CN(C)S(=O)(=O)c2ccc(F)cc2C)cc1. The summed E-state index contributed by atoms with van der Waals surface area (Å²) in [6.45, 7) is 3.85. The van der Waals surface area contributed by atoms with Crippen LogP contribution in [0.1, 0.15) is 16.7 Å². The van der Waals surface area contributed by atoms with Crippen LogP contribution in [0, 0.1) is 19.7 Å². The van der Waals surface area contributed by atoms with Crippen LogP contribution < -0.4 is 0 Å². The van der Waals surface area contributed by atoms with Crippen molar-refractivity contribution >= 4 is 10.0 Å². The fraction of sp³-hybridized carbons (Fsp3) is 0.250. The molecular formula is C16H18FNO2S. The van der Waals surface area contributed by atoms with Gasteiger partial charge in [-0.3, -0.25) is 0 Å². The lowest BCUT2D eigenvalue weighted by Gasteiger charge is -2.18. The van der Waals surface area contributed by atoms with Crippen molar-refractivity contribution in [3.8, 4) is 0 Å². The molecule has 112 valence electrons. The summed E-state index contributed by atoms with van der Waals surface area (Å²) >= 11 is 0. The Labute approximate surface area is 125 Å². The molecule has 0 bridgehead atoms. The third-order valence-electron chi connectivity index (χ3n) is 3.35. The van der Waals surface area contributed by atoms with Crippen molar-refractivity contribution < 1.29 is 12.8 Å². The maximum Gasteiger partial charge on any atom is 0.243 e. The predicted octanol–water partition coefficient (Wildman–Crippen LogP) is 3.26. The highest BCUT2D eigenvalue weighted by molar-refractivity contribution is 7.89. The molecule has 21 heavy (non-hydrogen) atoms. The van der Waals surface area contributed by atoms with Gasteiger partial charge in [-0.15, -0.1) is 0 Å². The molecule has 0 amide bonds. The van der Waals surface area contributed by atoms with Crippen LogP contribution in [0.2, 0.25) is 0 Å². The van der Waals surface area contributed by atoms with Crippen LogP contribution in [-0.4, -0.2) is 19.8 Å². The van der Waals surface area contributed by atoms with E-state index in [1.54, 1.807) is 6.92 Å².